The molecule has 0 aromatic heterocycles. The Hall–Kier alpha value is -0.720. The maximum Gasteiger partial charge on any atom is 0.187 e. The zero-order valence-electron chi connectivity index (χ0n) is 36.6. The van der Waals surface area contributed by atoms with Crippen LogP contribution in [0.25, 0.3) is 0 Å². The number of ether oxygens (including phenoxy) is 6. The van der Waals surface area contributed by atoms with Crippen LogP contribution in [0.1, 0.15) is 91.9 Å². The second-order valence-corrected chi connectivity index (χ2v) is 20.7. The summed E-state index contributed by atoms with van der Waals surface area (Å²) in [4.78, 5) is 0. The fourth-order valence-electron chi connectivity index (χ4n) is 13.4. The molecule has 0 aromatic rings. The minimum atomic E-state index is -1.76. The third-order valence-electron chi connectivity index (χ3n) is 17.2. The van der Waals surface area contributed by atoms with Crippen LogP contribution in [0.5, 0.6) is 0 Å². The van der Waals surface area contributed by atoms with Crippen molar-refractivity contribution in [3.05, 3.63) is 0 Å². The van der Waals surface area contributed by atoms with Crippen LogP contribution in [0, 0.1) is 52.3 Å². The minimum Gasteiger partial charge on any atom is -0.396 e. The molecule has 3 saturated heterocycles. The maximum atomic E-state index is 11.6. The van der Waals surface area contributed by atoms with Gasteiger partial charge in [0.05, 0.1) is 38.1 Å². The molecule has 12 N–H and O–H groups in total. The molecule has 0 amide bonds. The van der Waals surface area contributed by atoms with E-state index in [1.54, 1.807) is 0 Å². The van der Waals surface area contributed by atoms with Crippen LogP contribution in [-0.4, -0.2) is 192 Å². The third kappa shape index (κ3) is 9.16. The molecule has 26 atom stereocenters. The van der Waals surface area contributed by atoms with E-state index in [0.717, 1.165) is 32.1 Å². The highest BCUT2D eigenvalue weighted by atomic mass is 16.7. The molecule has 0 aromatic carbocycles. The lowest BCUT2D eigenvalue weighted by atomic mass is 9.44. The lowest BCUT2D eigenvalue weighted by Crippen LogP contribution is -2.65. The number of hydrogen-bond acceptors (Lipinski definition) is 18. The summed E-state index contributed by atoms with van der Waals surface area (Å²) in [6.07, 6.45) is -13.7. The number of aliphatic hydroxyl groups is 12. The molecular formula is C44H76O18. The zero-order chi connectivity index (χ0) is 45.0. The van der Waals surface area contributed by atoms with Crippen LogP contribution in [0.15, 0.2) is 0 Å². The van der Waals surface area contributed by atoms with E-state index in [1.807, 2.05) is 6.92 Å². The van der Waals surface area contributed by atoms with Crippen LogP contribution in [0.3, 0.4) is 0 Å². The van der Waals surface area contributed by atoms with Crippen molar-refractivity contribution in [3.8, 4) is 0 Å². The largest absolute Gasteiger partial charge is 0.396 e. The summed E-state index contributed by atoms with van der Waals surface area (Å²) in [5.74, 6) is 1.14. The van der Waals surface area contributed by atoms with Gasteiger partial charge in [-0.3, -0.25) is 0 Å². The molecule has 7 fully saturated rings. The van der Waals surface area contributed by atoms with E-state index in [9.17, 15) is 61.3 Å². The van der Waals surface area contributed by atoms with Crippen molar-refractivity contribution >= 4 is 0 Å². The van der Waals surface area contributed by atoms with E-state index in [2.05, 4.69) is 20.8 Å². The number of hydrogen-bond donors (Lipinski definition) is 12. The Morgan fingerprint density at radius 1 is 0.629 bits per heavy atom. The summed E-state index contributed by atoms with van der Waals surface area (Å²) in [5, 5.41) is 126. The molecule has 18 nitrogen and oxygen atoms in total. The van der Waals surface area contributed by atoms with E-state index in [1.165, 1.54) is 0 Å². The predicted molar refractivity (Wildman–Crippen MR) is 215 cm³/mol. The molecule has 4 saturated carbocycles. The molecule has 0 bridgehead atoms. The summed E-state index contributed by atoms with van der Waals surface area (Å²) in [6, 6.07) is 0. The topological polar surface area (TPSA) is 298 Å². The van der Waals surface area contributed by atoms with Crippen LogP contribution < -0.4 is 0 Å². The van der Waals surface area contributed by atoms with E-state index in [4.69, 9.17) is 28.4 Å². The van der Waals surface area contributed by atoms with Gasteiger partial charge in [0.25, 0.3) is 0 Å². The number of aliphatic hydroxyl groups excluding tert-OH is 12. The maximum absolute atomic E-state index is 11.6. The van der Waals surface area contributed by atoms with Crippen molar-refractivity contribution < 1.29 is 89.7 Å². The van der Waals surface area contributed by atoms with Gasteiger partial charge in [-0.25, -0.2) is 0 Å². The van der Waals surface area contributed by atoms with Gasteiger partial charge in [0, 0.05) is 6.61 Å². The molecule has 62 heavy (non-hydrogen) atoms. The molecule has 0 radical (unpaired) electrons. The van der Waals surface area contributed by atoms with Crippen molar-refractivity contribution in [2.75, 3.05) is 26.4 Å². The summed E-state index contributed by atoms with van der Waals surface area (Å²) >= 11 is 0. The highest BCUT2D eigenvalue weighted by molar-refractivity contribution is 5.13. The average molecular weight is 893 g/mol. The van der Waals surface area contributed by atoms with E-state index in [0.29, 0.717) is 49.9 Å². The Labute approximate surface area is 364 Å². The zero-order valence-corrected chi connectivity index (χ0v) is 36.6. The quantitative estimate of drug-likeness (QED) is 0.0883. The monoisotopic (exact) mass is 893 g/mol. The first kappa shape index (κ1) is 49.2. The Bertz CT molecular complexity index is 1440. The highest BCUT2D eigenvalue weighted by Gasteiger charge is 2.64. The first-order valence-corrected chi connectivity index (χ1v) is 23.2. The van der Waals surface area contributed by atoms with Gasteiger partial charge in [-0.2, -0.15) is 0 Å². The molecule has 360 valence electrons. The van der Waals surface area contributed by atoms with Crippen molar-refractivity contribution in [1.82, 2.24) is 0 Å². The van der Waals surface area contributed by atoms with Crippen LogP contribution >= 0.6 is 0 Å². The Morgan fingerprint density at radius 2 is 1.27 bits per heavy atom. The third-order valence-corrected chi connectivity index (χ3v) is 17.2. The van der Waals surface area contributed by atoms with E-state index in [-0.39, 0.29) is 59.9 Å². The summed E-state index contributed by atoms with van der Waals surface area (Å²) in [5.41, 5.74) is -0.213. The van der Waals surface area contributed by atoms with Gasteiger partial charge < -0.3 is 89.7 Å². The van der Waals surface area contributed by atoms with Gasteiger partial charge in [0.2, 0.25) is 0 Å². The highest BCUT2D eigenvalue weighted by Crippen LogP contribution is 2.69. The van der Waals surface area contributed by atoms with Crippen LogP contribution in [-0.2, 0) is 28.4 Å². The summed E-state index contributed by atoms with van der Waals surface area (Å²) in [6.45, 7) is 7.31. The summed E-state index contributed by atoms with van der Waals surface area (Å²) in [7, 11) is 0. The van der Waals surface area contributed by atoms with Gasteiger partial charge in [-0.05, 0) is 116 Å². The molecule has 18 heteroatoms. The van der Waals surface area contributed by atoms with Crippen molar-refractivity contribution in [3.63, 3.8) is 0 Å². The Kier molecular flexibility index (Phi) is 15.8. The number of fused-ring (bicyclic) bond motifs is 5. The summed E-state index contributed by atoms with van der Waals surface area (Å²) < 4.78 is 35.9. The SMILES string of the molecule is C[C@H](CO)CC[C@@H](O)[C@@H](C)[C@H]1[C@@H](O[C@@H]2OC[C@@H](O)[C@H](O)[C@H]2O)C[C@H]2[C@@H]3CC[C@@H]4C[C@@H](O[C@@H]5O[C@H](CO)[C@H](O[C@@H]6O[C@H](CO)[C@@H](O)[C@H](O)[C@H]6O)[C@@H](O)[C@H]5O)CC[C@]4(C)[C@H]3CC[C@]12C. The van der Waals surface area contributed by atoms with Gasteiger partial charge in [-0.1, -0.05) is 27.7 Å². The molecule has 7 aliphatic rings. The van der Waals surface area contributed by atoms with Gasteiger partial charge >= 0.3 is 0 Å². The normalized spacial score (nSPS) is 52.4. The fraction of sp³-hybridized carbons (Fsp3) is 1.00. The lowest BCUT2D eigenvalue weighted by molar-refractivity contribution is -0.364. The van der Waals surface area contributed by atoms with Crippen molar-refractivity contribution in [2.45, 2.75) is 196 Å². The molecular weight excluding hydrogens is 816 g/mol. The van der Waals surface area contributed by atoms with E-state index >= 15 is 0 Å². The molecule has 4 aliphatic carbocycles. The van der Waals surface area contributed by atoms with E-state index < -0.39 is 105 Å². The molecule has 3 heterocycles. The van der Waals surface area contributed by atoms with Crippen LogP contribution in [0.4, 0.5) is 0 Å². The second kappa shape index (κ2) is 19.9. The minimum absolute atomic E-state index is 0.0173. The first-order valence-electron chi connectivity index (χ1n) is 23.2. The fourth-order valence-corrected chi connectivity index (χ4v) is 13.4. The van der Waals surface area contributed by atoms with Crippen LogP contribution in [0.2, 0.25) is 0 Å². The molecule has 3 aliphatic heterocycles. The second-order valence-electron chi connectivity index (χ2n) is 20.7. The Morgan fingerprint density at radius 3 is 1.97 bits per heavy atom. The van der Waals surface area contributed by atoms with Crippen molar-refractivity contribution in [2.24, 2.45) is 52.3 Å². The smallest absolute Gasteiger partial charge is 0.187 e. The molecule has 7 rings (SSSR count). The van der Waals surface area contributed by atoms with Gasteiger partial charge in [0.1, 0.15) is 67.1 Å². The average Bonchev–Trinajstić information content (AvgIpc) is 3.56. The Balaban J connectivity index is 1.02. The lowest BCUT2D eigenvalue weighted by Gasteiger charge is -2.61. The molecule has 0 unspecified atom stereocenters. The predicted octanol–water partition coefficient (Wildman–Crippen LogP) is -1.51. The number of rotatable bonds is 14. The van der Waals surface area contributed by atoms with Gasteiger partial charge in [0.15, 0.2) is 18.9 Å². The van der Waals surface area contributed by atoms with Crippen molar-refractivity contribution in [1.29, 1.82) is 0 Å². The first-order chi connectivity index (χ1) is 29.4. The standard InChI is InChI=1S/C44H76O18/c1-19(15-45)5-8-26(48)20(2)31-28(59-40-36(54)32(50)27(49)18-57-40)14-25-23-7-6-21-13-22(9-11-43(21,3)24(23)10-12-44(25,31)4)58-41-38(56)35(53)39(30(17-47)61-41)62-42-37(55)34(52)33(51)29(16-46)60-42/h19-42,45-56H,5-18H2,1-4H3/t19-,20+,21+,22-,23+,24-,25-,26+,27+,28-,29+,30+,31-,32-,33+,34-,35-,36+,37+,38+,39-,40-,41+,42-,43-,44-/m0/s1. The molecule has 0 spiro atoms. The van der Waals surface area contributed by atoms with Gasteiger partial charge in [-0.15, -0.1) is 0 Å².